The summed E-state index contributed by atoms with van der Waals surface area (Å²) in [7, 11) is 0. The molecule has 0 aliphatic rings. The van der Waals surface area contributed by atoms with Crippen molar-refractivity contribution in [2.45, 2.75) is 93.9 Å². The molecule has 0 atom stereocenters. The monoisotopic (exact) mass is 276 g/mol. The molecule has 20 heavy (non-hydrogen) atoms. The van der Waals surface area contributed by atoms with E-state index >= 15 is 0 Å². The first-order valence-electron chi connectivity index (χ1n) is 8.12. The Hall–Kier alpha value is -0.880. The molecule has 0 nitrogen and oxygen atoms in total. The van der Waals surface area contributed by atoms with Crippen LogP contribution >= 0.6 is 0 Å². The summed E-state index contributed by atoms with van der Waals surface area (Å²) in [4.78, 5) is 0. The van der Waals surface area contributed by atoms with E-state index in [-0.39, 0.29) is 10.8 Å². The molecule has 0 aromatic carbocycles. The standard InChI is InChI=1S/2C10H18/c2*1-5-6-7-8-9-10(2,3)4/h2*5-7H2,1-4H3. The highest BCUT2D eigenvalue weighted by atomic mass is 14.1. The third-order valence-electron chi connectivity index (χ3n) is 2.24. The van der Waals surface area contributed by atoms with Gasteiger partial charge in [0.05, 0.1) is 0 Å². The quantitative estimate of drug-likeness (QED) is 0.409. The zero-order chi connectivity index (χ0) is 16.1. The molecule has 0 fully saturated rings. The van der Waals surface area contributed by atoms with Gasteiger partial charge in [-0.1, -0.05) is 38.5 Å². The molecule has 0 saturated carbocycles. The van der Waals surface area contributed by atoms with Crippen molar-refractivity contribution in [1.29, 1.82) is 0 Å². The van der Waals surface area contributed by atoms with Crippen LogP contribution in [0.25, 0.3) is 0 Å². The molecule has 0 heterocycles. The number of rotatable bonds is 4. The Morgan fingerprint density at radius 1 is 0.600 bits per heavy atom. The van der Waals surface area contributed by atoms with E-state index in [1.165, 1.54) is 25.7 Å². The minimum Gasteiger partial charge on any atom is -0.103 e. The van der Waals surface area contributed by atoms with Crippen molar-refractivity contribution in [2.75, 3.05) is 0 Å². The lowest BCUT2D eigenvalue weighted by Gasteiger charge is -2.06. The number of hydrogen-bond donors (Lipinski definition) is 0. The maximum Gasteiger partial charge on any atom is 0.0230 e. The summed E-state index contributed by atoms with van der Waals surface area (Å²) in [6.45, 7) is 17.3. The molecule has 0 unspecified atom stereocenters. The van der Waals surface area contributed by atoms with E-state index in [0.717, 1.165) is 12.8 Å². The van der Waals surface area contributed by atoms with Crippen LogP contribution in [0.5, 0.6) is 0 Å². The fourth-order valence-corrected chi connectivity index (χ4v) is 1.19. The maximum atomic E-state index is 3.21. The lowest BCUT2D eigenvalue weighted by molar-refractivity contribution is 0.569. The van der Waals surface area contributed by atoms with Crippen LogP contribution in [0.2, 0.25) is 0 Å². The third-order valence-corrected chi connectivity index (χ3v) is 2.24. The lowest BCUT2D eigenvalue weighted by atomic mass is 9.98. The van der Waals surface area contributed by atoms with E-state index in [4.69, 9.17) is 0 Å². The third kappa shape index (κ3) is 25.8. The van der Waals surface area contributed by atoms with Gasteiger partial charge in [0.25, 0.3) is 0 Å². The summed E-state index contributed by atoms with van der Waals surface area (Å²) >= 11 is 0. The summed E-state index contributed by atoms with van der Waals surface area (Å²) in [5.41, 5.74) is 0.376. The number of hydrogen-bond acceptors (Lipinski definition) is 0. The van der Waals surface area contributed by atoms with Crippen LogP contribution in [0, 0.1) is 34.5 Å². The minimum absolute atomic E-state index is 0.188. The van der Waals surface area contributed by atoms with Crippen LogP contribution < -0.4 is 0 Å². The summed E-state index contributed by atoms with van der Waals surface area (Å²) in [6.07, 6.45) is 7.10. The van der Waals surface area contributed by atoms with E-state index in [9.17, 15) is 0 Å². The lowest BCUT2D eigenvalue weighted by Crippen LogP contribution is -1.98. The van der Waals surface area contributed by atoms with Crippen LogP contribution in [0.15, 0.2) is 0 Å². The summed E-state index contributed by atoms with van der Waals surface area (Å²) in [5, 5.41) is 0. The highest BCUT2D eigenvalue weighted by Crippen LogP contribution is 2.10. The van der Waals surface area contributed by atoms with E-state index in [0.29, 0.717) is 0 Å². The van der Waals surface area contributed by atoms with Crippen molar-refractivity contribution in [3.8, 4) is 23.7 Å². The molecule has 0 radical (unpaired) electrons. The SMILES string of the molecule is CCCCC#CC(C)(C)C.CCCCC#CC(C)(C)C. The molecule has 0 aliphatic heterocycles. The first-order valence-corrected chi connectivity index (χ1v) is 8.12. The Labute approximate surface area is 129 Å². The van der Waals surface area contributed by atoms with Crippen molar-refractivity contribution in [1.82, 2.24) is 0 Å². The molecule has 0 heteroatoms. The predicted octanol–water partition coefficient (Wildman–Crippen LogP) is 6.45. The highest BCUT2D eigenvalue weighted by molar-refractivity contribution is 5.07. The Balaban J connectivity index is 0. The molecule has 0 spiro atoms. The summed E-state index contributed by atoms with van der Waals surface area (Å²) < 4.78 is 0. The second kappa shape index (κ2) is 11.9. The molecule has 0 aliphatic carbocycles. The van der Waals surface area contributed by atoms with Crippen molar-refractivity contribution in [2.24, 2.45) is 10.8 Å². The first-order chi connectivity index (χ1) is 9.12. The van der Waals surface area contributed by atoms with E-state index in [2.05, 4.69) is 79.1 Å². The fourth-order valence-electron chi connectivity index (χ4n) is 1.19. The Morgan fingerprint density at radius 2 is 0.900 bits per heavy atom. The molecule has 0 amide bonds. The van der Waals surface area contributed by atoms with Crippen LogP contribution in [0.1, 0.15) is 93.9 Å². The largest absolute Gasteiger partial charge is 0.103 e. The predicted molar refractivity (Wildman–Crippen MR) is 93.5 cm³/mol. The van der Waals surface area contributed by atoms with Gasteiger partial charge < -0.3 is 0 Å². The van der Waals surface area contributed by atoms with Gasteiger partial charge in [0.1, 0.15) is 0 Å². The van der Waals surface area contributed by atoms with E-state index in [1.807, 2.05) is 0 Å². The molecule has 0 rings (SSSR count). The molecular formula is C20H36. The normalized spacial score (nSPS) is 10.4. The van der Waals surface area contributed by atoms with Gasteiger partial charge in [-0.2, -0.15) is 0 Å². The minimum atomic E-state index is 0.188. The molecule has 0 aromatic heterocycles. The Kier molecular flexibility index (Phi) is 12.8. The van der Waals surface area contributed by atoms with Gasteiger partial charge in [-0.05, 0) is 54.4 Å². The van der Waals surface area contributed by atoms with Gasteiger partial charge in [-0.15, -0.1) is 11.8 Å². The molecular weight excluding hydrogens is 240 g/mol. The van der Waals surface area contributed by atoms with Crippen molar-refractivity contribution in [3.05, 3.63) is 0 Å². The van der Waals surface area contributed by atoms with Crippen molar-refractivity contribution < 1.29 is 0 Å². The molecule has 0 saturated heterocycles. The highest BCUT2D eigenvalue weighted by Gasteiger charge is 2.02. The van der Waals surface area contributed by atoms with Crippen LogP contribution in [0.3, 0.4) is 0 Å². The fraction of sp³-hybridized carbons (Fsp3) is 0.800. The van der Waals surface area contributed by atoms with E-state index < -0.39 is 0 Å². The van der Waals surface area contributed by atoms with Gasteiger partial charge in [0.15, 0.2) is 0 Å². The van der Waals surface area contributed by atoms with Crippen molar-refractivity contribution >= 4 is 0 Å². The van der Waals surface area contributed by atoms with Gasteiger partial charge in [0.2, 0.25) is 0 Å². The molecule has 0 bridgehead atoms. The Bertz CT molecular complexity index is 289. The Morgan fingerprint density at radius 3 is 1.10 bits per heavy atom. The van der Waals surface area contributed by atoms with Crippen molar-refractivity contribution in [3.63, 3.8) is 0 Å². The summed E-state index contributed by atoms with van der Waals surface area (Å²) in [5.74, 6) is 12.8. The van der Waals surface area contributed by atoms with E-state index in [1.54, 1.807) is 0 Å². The second-order valence-electron chi connectivity index (χ2n) is 7.31. The van der Waals surface area contributed by atoms with Crippen LogP contribution in [0.4, 0.5) is 0 Å². The van der Waals surface area contributed by atoms with Gasteiger partial charge in [0, 0.05) is 23.7 Å². The average Bonchev–Trinajstić information content (AvgIpc) is 2.29. The van der Waals surface area contributed by atoms with Gasteiger partial charge >= 0.3 is 0 Å². The number of unbranched alkanes of at least 4 members (excludes halogenated alkanes) is 4. The van der Waals surface area contributed by atoms with Crippen LogP contribution in [-0.4, -0.2) is 0 Å². The molecule has 116 valence electrons. The van der Waals surface area contributed by atoms with Gasteiger partial charge in [-0.3, -0.25) is 0 Å². The van der Waals surface area contributed by atoms with Crippen LogP contribution in [-0.2, 0) is 0 Å². The zero-order valence-electron chi connectivity index (χ0n) is 15.2. The average molecular weight is 277 g/mol. The maximum absolute atomic E-state index is 3.21. The zero-order valence-corrected chi connectivity index (χ0v) is 15.2. The summed E-state index contributed by atoms with van der Waals surface area (Å²) in [6, 6.07) is 0. The first kappa shape index (κ1) is 21.4. The second-order valence-corrected chi connectivity index (χ2v) is 7.31. The molecule has 0 N–H and O–H groups in total. The topological polar surface area (TPSA) is 0 Å². The molecule has 0 aromatic rings. The van der Waals surface area contributed by atoms with Gasteiger partial charge in [-0.25, -0.2) is 0 Å². The smallest absolute Gasteiger partial charge is 0.0230 e.